The number of piperidine rings is 1. The van der Waals surface area contributed by atoms with E-state index in [-0.39, 0.29) is 12.5 Å². The summed E-state index contributed by atoms with van der Waals surface area (Å²) < 4.78 is 6.80. The van der Waals surface area contributed by atoms with Gasteiger partial charge in [-0.1, -0.05) is 35.6 Å². The molecule has 1 N–H and O–H groups in total. The van der Waals surface area contributed by atoms with Crippen molar-refractivity contribution >= 4 is 32.6 Å². The van der Waals surface area contributed by atoms with Gasteiger partial charge in [-0.2, -0.15) is 0 Å². The molecular weight excluding hydrogens is 370 g/mol. The van der Waals surface area contributed by atoms with Crippen molar-refractivity contribution in [2.45, 2.75) is 19.8 Å². The zero-order valence-corrected chi connectivity index (χ0v) is 16.9. The molecule has 0 spiro atoms. The first-order chi connectivity index (χ1) is 13.7. The van der Waals surface area contributed by atoms with E-state index in [4.69, 9.17) is 9.72 Å². The number of carbonyl (C=O) groups is 1. The second-order valence-electron chi connectivity index (χ2n) is 7.30. The molecule has 28 heavy (non-hydrogen) atoms. The molecule has 0 unspecified atom stereocenters. The SMILES string of the molecule is Cc1cccc(OCC(=O)NCC2CCN(c3nc4ccccc4s3)CC2)c1. The number of para-hydroxylation sites is 1. The lowest BCUT2D eigenvalue weighted by molar-refractivity contribution is -0.123. The number of rotatable bonds is 6. The second-order valence-corrected chi connectivity index (χ2v) is 8.31. The highest BCUT2D eigenvalue weighted by atomic mass is 32.1. The van der Waals surface area contributed by atoms with Crippen molar-refractivity contribution < 1.29 is 9.53 Å². The van der Waals surface area contributed by atoms with Gasteiger partial charge in [-0.15, -0.1) is 0 Å². The van der Waals surface area contributed by atoms with Crippen molar-refractivity contribution in [2.75, 3.05) is 31.1 Å². The summed E-state index contributed by atoms with van der Waals surface area (Å²) >= 11 is 1.76. The molecule has 0 atom stereocenters. The lowest BCUT2D eigenvalue weighted by atomic mass is 9.97. The Labute approximate surface area is 169 Å². The van der Waals surface area contributed by atoms with E-state index >= 15 is 0 Å². The standard InChI is InChI=1S/C22H25N3O2S/c1-16-5-4-6-18(13-16)27-15-21(26)23-14-17-9-11-25(12-10-17)22-24-19-7-2-3-8-20(19)28-22/h2-8,13,17H,9-12,14-15H2,1H3,(H,23,26). The molecule has 1 aliphatic rings. The first-order valence-corrected chi connectivity index (χ1v) is 10.6. The molecule has 1 saturated heterocycles. The van der Waals surface area contributed by atoms with Crippen LogP contribution in [-0.4, -0.2) is 37.1 Å². The molecule has 2 heterocycles. The van der Waals surface area contributed by atoms with E-state index in [0.29, 0.717) is 12.5 Å². The zero-order chi connectivity index (χ0) is 19.3. The summed E-state index contributed by atoms with van der Waals surface area (Å²) in [4.78, 5) is 19.2. The fraction of sp³-hybridized carbons (Fsp3) is 0.364. The molecule has 0 aliphatic carbocycles. The molecule has 146 valence electrons. The normalized spacial score (nSPS) is 15.0. The van der Waals surface area contributed by atoms with Crippen molar-refractivity contribution in [3.05, 3.63) is 54.1 Å². The van der Waals surface area contributed by atoms with Gasteiger partial charge in [0.25, 0.3) is 5.91 Å². The predicted octanol–water partition coefficient (Wildman–Crippen LogP) is 4.02. The maximum Gasteiger partial charge on any atom is 0.257 e. The van der Waals surface area contributed by atoms with Gasteiger partial charge >= 0.3 is 0 Å². The van der Waals surface area contributed by atoms with Crippen molar-refractivity contribution in [3.63, 3.8) is 0 Å². The van der Waals surface area contributed by atoms with Crippen LogP contribution < -0.4 is 15.0 Å². The Hall–Kier alpha value is -2.60. The van der Waals surface area contributed by atoms with Crippen molar-refractivity contribution in [1.82, 2.24) is 10.3 Å². The third-order valence-electron chi connectivity index (χ3n) is 5.12. The second kappa shape index (κ2) is 8.61. The van der Waals surface area contributed by atoms with E-state index in [9.17, 15) is 4.79 Å². The van der Waals surface area contributed by atoms with Crippen LogP contribution in [0.3, 0.4) is 0 Å². The molecule has 0 bridgehead atoms. The van der Waals surface area contributed by atoms with Crippen LogP contribution in [-0.2, 0) is 4.79 Å². The highest BCUT2D eigenvalue weighted by Crippen LogP contribution is 2.31. The van der Waals surface area contributed by atoms with Gasteiger partial charge in [0.15, 0.2) is 11.7 Å². The number of nitrogens with zero attached hydrogens (tertiary/aromatic N) is 2. The van der Waals surface area contributed by atoms with Crippen LogP contribution in [0.25, 0.3) is 10.2 Å². The van der Waals surface area contributed by atoms with E-state index in [0.717, 1.165) is 47.9 Å². The largest absolute Gasteiger partial charge is 0.484 e. The maximum atomic E-state index is 12.1. The average Bonchev–Trinajstić information content (AvgIpc) is 3.15. The number of amides is 1. The van der Waals surface area contributed by atoms with Crippen LogP contribution in [0.4, 0.5) is 5.13 Å². The van der Waals surface area contributed by atoms with Crippen LogP contribution in [0.5, 0.6) is 5.75 Å². The fourth-order valence-corrected chi connectivity index (χ4v) is 4.50. The summed E-state index contributed by atoms with van der Waals surface area (Å²) in [5.74, 6) is 1.18. The number of aromatic nitrogens is 1. The molecule has 1 fully saturated rings. The van der Waals surface area contributed by atoms with Gasteiger partial charge < -0.3 is 15.0 Å². The number of benzene rings is 2. The van der Waals surface area contributed by atoms with Gasteiger partial charge in [0.05, 0.1) is 10.2 Å². The Morgan fingerprint density at radius 2 is 2.04 bits per heavy atom. The Kier molecular flexibility index (Phi) is 5.76. The molecule has 6 heteroatoms. The van der Waals surface area contributed by atoms with E-state index in [1.807, 2.05) is 37.3 Å². The quantitative estimate of drug-likeness (QED) is 0.685. The van der Waals surface area contributed by atoms with E-state index in [1.165, 1.54) is 4.70 Å². The fourth-order valence-electron chi connectivity index (χ4n) is 3.49. The number of anilines is 1. The Balaban J connectivity index is 1.20. The van der Waals surface area contributed by atoms with E-state index < -0.39 is 0 Å². The Morgan fingerprint density at radius 1 is 1.21 bits per heavy atom. The molecule has 1 aromatic heterocycles. The number of thiazole rings is 1. The minimum atomic E-state index is -0.0601. The van der Waals surface area contributed by atoms with Gasteiger partial charge in [0, 0.05) is 19.6 Å². The summed E-state index contributed by atoms with van der Waals surface area (Å²) in [6, 6.07) is 16.0. The van der Waals surface area contributed by atoms with E-state index in [1.54, 1.807) is 11.3 Å². The summed E-state index contributed by atoms with van der Waals surface area (Å²) in [6.07, 6.45) is 2.13. The van der Waals surface area contributed by atoms with Crippen molar-refractivity contribution in [2.24, 2.45) is 5.92 Å². The average molecular weight is 396 g/mol. The molecule has 5 nitrogen and oxygen atoms in total. The Morgan fingerprint density at radius 3 is 2.82 bits per heavy atom. The summed E-state index contributed by atoms with van der Waals surface area (Å²) in [5, 5.41) is 4.12. The minimum absolute atomic E-state index is 0.0601. The third-order valence-corrected chi connectivity index (χ3v) is 6.21. The zero-order valence-electron chi connectivity index (χ0n) is 16.1. The number of ether oxygens (including phenoxy) is 1. The van der Waals surface area contributed by atoms with Gasteiger partial charge in [-0.3, -0.25) is 4.79 Å². The molecule has 3 aromatic rings. The lowest BCUT2D eigenvalue weighted by Gasteiger charge is -2.31. The lowest BCUT2D eigenvalue weighted by Crippen LogP contribution is -2.39. The smallest absolute Gasteiger partial charge is 0.257 e. The number of aryl methyl sites for hydroxylation is 1. The highest BCUT2D eigenvalue weighted by Gasteiger charge is 2.22. The molecule has 4 rings (SSSR count). The number of hydrogen-bond acceptors (Lipinski definition) is 5. The van der Waals surface area contributed by atoms with Crippen LogP contribution in [0, 0.1) is 12.8 Å². The summed E-state index contributed by atoms with van der Waals surface area (Å²) in [5.41, 5.74) is 2.20. The molecule has 1 aliphatic heterocycles. The van der Waals surface area contributed by atoms with Gasteiger partial charge in [-0.25, -0.2) is 4.98 Å². The van der Waals surface area contributed by atoms with Gasteiger partial charge in [-0.05, 0) is 55.5 Å². The van der Waals surface area contributed by atoms with Crippen LogP contribution in [0.1, 0.15) is 18.4 Å². The van der Waals surface area contributed by atoms with Gasteiger partial charge in [0.2, 0.25) is 0 Å². The minimum Gasteiger partial charge on any atom is -0.484 e. The van der Waals surface area contributed by atoms with Crippen molar-refractivity contribution in [3.8, 4) is 5.75 Å². The summed E-state index contributed by atoms with van der Waals surface area (Å²) in [6.45, 7) is 4.76. The molecular formula is C22H25N3O2S. The van der Waals surface area contributed by atoms with Gasteiger partial charge in [0.1, 0.15) is 5.75 Å². The molecule has 1 amide bonds. The molecule has 2 aromatic carbocycles. The van der Waals surface area contributed by atoms with E-state index in [2.05, 4.69) is 28.4 Å². The highest BCUT2D eigenvalue weighted by molar-refractivity contribution is 7.22. The third kappa shape index (κ3) is 4.62. The first kappa shape index (κ1) is 18.7. The number of carbonyl (C=O) groups excluding carboxylic acids is 1. The van der Waals surface area contributed by atoms with Crippen LogP contribution in [0.2, 0.25) is 0 Å². The van der Waals surface area contributed by atoms with Crippen LogP contribution in [0.15, 0.2) is 48.5 Å². The monoisotopic (exact) mass is 395 g/mol. The number of hydrogen-bond donors (Lipinski definition) is 1. The topological polar surface area (TPSA) is 54.5 Å². The number of nitrogens with one attached hydrogen (secondary N) is 1. The molecule has 0 radical (unpaired) electrons. The van der Waals surface area contributed by atoms with Crippen molar-refractivity contribution in [1.29, 1.82) is 0 Å². The Bertz CT molecular complexity index is 915. The number of fused-ring (bicyclic) bond motifs is 1. The first-order valence-electron chi connectivity index (χ1n) is 9.74. The summed E-state index contributed by atoms with van der Waals surface area (Å²) in [7, 11) is 0. The molecule has 0 saturated carbocycles. The predicted molar refractivity (Wildman–Crippen MR) is 114 cm³/mol. The van der Waals surface area contributed by atoms with Crippen LogP contribution >= 0.6 is 11.3 Å². The maximum absolute atomic E-state index is 12.1.